The Morgan fingerprint density at radius 3 is 2.52 bits per heavy atom. The summed E-state index contributed by atoms with van der Waals surface area (Å²) in [4.78, 5) is 23.6. The van der Waals surface area contributed by atoms with Crippen molar-refractivity contribution in [1.29, 1.82) is 0 Å². The van der Waals surface area contributed by atoms with Crippen molar-refractivity contribution in [3.63, 3.8) is 0 Å². The largest absolute Gasteiger partial charge is 0.416 e. The van der Waals surface area contributed by atoms with E-state index in [-0.39, 0.29) is 11.3 Å². The Hall–Kier alpha value is -4.49. The van der Waals surface area contributed by atoms with Gasteiger partial charge in [0.1, 0.15) is 5.69 Å². The Morgan fingerprint density at radius 1 is 1.02 bits per heavy atom. The van der Waals surface area contributed by atoms with Gasteiger partial charge in [-0.2, -0.15) is 13.2 Å². The molecule has 0 atom stereocenters. The van der Waals surface area contributed by atoms with Crippen LogP contribution in [0.15, 0.2) is 61.1 Å². The molecule has 0 spiro atoms. The molecule has 1 aliphatic heterocycles. The molecule has 2 aromatic carbocycles. The fraction of sp³-hybridized carbons (Fsp3) is 0.355. The number of hydrogen-bond donors (Lipinski definition) is 1. The lowest BCUT2D eigenvalue weighted by molar-refractivity contribution is -0.137. The van der Waals surface area contributed by atoms with Crippen LogP contribution < -0.4 is 15.1 Å². The maximum atomic E-state index is 13.7. The summed E-state index contributed by atoms with van der Waals surface area (Å²) in [6.07, 6.45) is 0.709. The Kier molecular flexibility index (Phi) is 9.16. The molecule has 3 heterocycles. The number of halogens is 3. The lowest BCUT2D eigenvalue weighted by Crippen LogP contribution is -2.36. The van der Waals surface area contributed by atoms with Crippen molar-refractivity contribution < 1.29 is 22.7 Å². The number of anilines is 3. The summed E-state index contributed by atoms with van der Waals surface area (Å²) in [5.41, 5.74) is 3.64. The minimum Gasteiger partial charge on any atom is -0.378 e. The molecule has 0 unspecified atom stereocenters. The summed E-state index contributed by atoms with van der Waals surface area (Å²) in [6, 6.07) is 10.6. The van der Waals surface area contributed by atoms with Crippen LogP contribution in [0.2, 0.25) is 0 Å². The van der Waals surface area contributed by atoms with E-state index in [0.717, 1.165) is 42.0 Å². The summed E-state index contributed by atoms with van der Waals surface area (Å²) in [7, 11) is 5.50. The molecule has 5 rings (SSSR count). The second-order valence-electron chi connectivity index (χ2n) is 11.0. The molecule has 1 amide bonds. The first-order valence-electron chi connectivity index (χ1n) is 14.2. The van der Waals surface area contributed by atoms with E-state index in [1.165, 1.54) is 0 Å². The fourth-order valence-electron chi connectivity index (χ4n) is 4.82. The third kappa shape index (κ3) is 7.34. The van der Waals surface area contributed by atoms with Crippen LogP contribution in [0.1, 0.15) is 21.5 Å². The quantitative estimate of drug-likeness (QED) is 0.292. The number of morpholine rings is 1. The van der Waals surface area contributed by atoms with E-state index in [9.17, 15) is 18.0 Å². The van der Waals surface area contributed by atoms with Gasteiger partial charge in [0.25, 0.3) is 5.91 Å². The van der Waals surface area contributed by atoms with Crippen molar-refractivity contribution >= 4 is 23.0 Å². The highest BCUT2D eigenvalue weighted by atomic mass is 19.4. The van der Waals surface area contributed by atoms with Gasteiger partial charge in [-0.05, 0) is 63.0 Å². The van der Waals surface area contributed by atoms with Gasteiger partial charge in [-0.1, -0.05) is 11.3 Å². The van der Waals surface area contributed by atoms with E-state index in [0.29, 0.717) is 43.4 Å². The zero-order valence-electron chi connectivity index (χ0n) is 25.1. The first-order chi connectivity index (χ1) is 21.0. The number of carbonyl (C=O) groups is 1. The van der Waals surface area contributed by atoms with Gasteiger partial charge in [-0.15, -0.1) is 5.10 Å². The van der Waals surface area contributed by atoms with Crippen molar-refractivity contribution in [3.05, 3.63) is 77.7 Å². The highest BCUT2D eigenvalue weighted by Gasteiger charge is 2.32. The number of alkyl halides is 3. The van der Waals surface area contributed by atoms with E-state index in [1.807, 2.05) is 32.0 Å². The van der Waals surface area contributed by atoms with Gasteiger partial charge < -0.3 is 24.8 Å². The van der Waals surface area contributed by atoms with Crippen LogP contribution in [0.5, 0.6) is 0 Å². The predicted octanol–water partition coefficient (Wildman–Crippen LogP) is 4.74. The maximum absolute atomic E-state index is 13.7. The molecular weight excluding hydrogens is 573 g/mol. The van der Waals surface area contributed by atoms with Crippen LogP contribution in [0.4, 0.5) is 30.2 Å². The molecule has 1 aliphatic rings. The first kappa shape index (κ1) is 31.0. The first-order valence-corrected chi connectivity index (χ1v) is 14.2. The second-order valence-corrected chi connectivity index (χ2v) is 11.0. The summed E-state index contributed by atoms with van der Waals surface area (Å²) in [5, 5.41) is 11.3. The molecule has 0 saturated carbocycles. The molecule has 2 aromatic heterocycles. The van der Waals surface area contributed by atoms with E-state index in [2.05, 4.69) is 25.5 Å². The van der Waals surface area contributed by atoms with Gasteiger partial charge in [0.15, 0.2) is 0 Å². The summed E-state index contributed by atoms with van der Waals surface area (Å²) < 4.78 is 48.3. The van der Waals surface area contributed by atoms with Gasteiger partial charge in [-0.3, -0.25) is 9.78 Å². The van der Waals surface area contributed by atoms with E-state index >= 15 is 0 Å². The number of pyridine rings is 1. The van der Waals surface area contributed by atoms with E-state index in [4.69, 9.17) is 4.74 Å². The summed E-state index contributed by atoms with van der Waals surface area (Å²) >= 11 is 0. The molecule has 0 bridgehead atoms. The second kappa shape index (κ2) is 13.0. The molecule has 232 valence electrons. The van der Waals surface area contributed by atoms with E-state index < -0.39 is 17.6 Å². The number of benzene rings is 2. The molecular formula is C31H35F3N8O2. The third-order valence-electron chi connectivity index (χ3n) is 7.43. The number of aryl methyl sites for hydroxylation is 1. The topological polar surface area (TPSA) is 91.7 Å². The van der Waals surface area contributed by atoms with Crippen LogP contribution in [-0.4, -0.2) is 91.3 Å². The van der Waals surface area contributed by atoms with Gasteiger partial charge in [-0.25, -0.2) is 4.68 Å². The number of rotatable bonds is 9. The fourth-order valence-corrected chi connectivity index (χ4v) is 4.82. The smallest absolute Gasteiger partial charge is 0.378 e. The number of nitrogens with zero attached hydrogens (tertiary/aromatic N) is 7. The normalized spacial score (nSPS) is 13.8. The minimum absolute atomic E-state index is 0.0503. The number of amides is 1. The van der Waals surface area contributed by atoms with Gasteiger partial charge in [0, 0.05) is 61.9 Å². The molecule has 10 nitrogen and oxygen atoms in total. The van der Waals surface area contributed by atoms with Crippen LogP contribution in [0, 0.1) is 6.92 Å². The molecule has 13 heteroatoms. The highest BCUT2D eigenvalue weighted by molar-refractivity contribution is 6.05. The van der Waals surface area contributed by atoms with Crippen LogP contribution >= 0.6 is 0 Å². The Labute approximate surface area is 254 Å². The van der Waals surface area contributed by atoms with Gasteiger partial charge in [0.2, 0.25) is 0 Å². The number of likely N-dealkylation sites (N-methyl/N-ethyl adjacent to an activating group) is 2. The molecule has 1 N–H and O–H groups in total. The molecule has 1 fully saturated rings. The molecule has 0 aliphatic carbocycles. The molecule has 0 radical (unpaired) electrons. The Balaban J connectivity index is 1.38. The van der Waals surface area contributed by atoms with Crippen LogP contribution in [0.25, 0.3) is 16.9 Å². The van der Waals surface area contributed by atoms with Crippen molar-refractivity contribution in [2.75, 3.05) is 75.7 Å². The monoisotopic (exact) mass is 608 g/mol. The molecule has 44 heavy (non-hydrogen) atoms. The zero-order valence-corrected chi connectivity index (χ0v) is 25.1. The average molecular weight is 609 g/mol. The zero-order chi connectivity index (χ0) is 31.4. The maximum Gasteiger partial charge on any atom is 0.416 e. The highest BCUT2D eigenvalue weighted by Crippen LogP contribution is 2.34. The predicted molar refractivity (Wildman–Crippen MR) is 164 cm³/mol. The van der Waals surface area contributed by atoms with Gasteiger partial charge >= 0.3 is 6.18 Å². The van der Waals surface area contributed by atoms with Crippen molar-refractivity contribution in [1.82, 2.24) is 24.9 Å². The van der Waals surface area contributed by atoms with E-state index in [1.54, 1.807) is 59.5 Å². The molecule has 1 saturated heterocycles. The molecule has 4 aromatic rings. The number of nitrogens with one attached hydrogen (secondary N) is 1. The van der Waals surface area contributed by atoms with Crippen LogP contribution in [0.3, 0.4) is 0 Å². The SMILES string of the molecule is Cc1ccc(C(=O)Nc2cc(N(C)CCN(C)C)cc(C(F)(F)F)c2)cc1-n1cc(-c2cncc(N3CCOCC3)c2)nn1. The average Bonchev–Trinajstić information content (AvgIpc) is 3.50. The Morgan fingerprint density at radius 2 is 1.80 bits per heavy atom. The lowest BCUT2D eigenvalue weighted by Gasteiger charge is -2.28. The lowest BCUT2D eigenvalue weighted by atomic mass is 10.1. The Bertz CT molecular complexity index is 1620. The number of carbonyl (C=O) groups excluding carboxylic acids is 1. The van der Waals surface area contributed by atoms with Crippen molar-refractivity contribution in [2.24, 2.45) is 0 Å². The van der Waals surface area contributed by atoms with Crippen molar-refractivity contribution in [2.45, 2.75) is 13.1 Å². The summed E-state index contributed by atoms with van der Waals surface area (Å²) in [6.45, 7) is 5.92. The third-order valence-corrected chi connectivity index (χ3v) is 7.43. The van der Waals surface area contributed by atoms with Gasteiger partial charge in [0.05, 0.1) is 42.5 Å². The standard InChI is InChI=1S/C31H35F3N8O2/c1-21-5-6-22(30(43)36-25-15-24(31(32,33)34)16-26(17-25)40(4)8-7-39(2)3)14-29(21)42-20-28(37-38-42)23-13-27(19-35-18-23)41-9-11-44-12-10-41/h5-6,13-20H,7-12H2,1-4H3,(H,36,43). The number of aromatic nitrogens is 4. The number of hydrogen-bond acceptors (Lipinski definition) is 8. The number of ether oxygens (including phenoxy) is 1. The van der Waals surface area contributed by atoms with Crippen LogP contribution in [-0.2, 0) is 10.9 Å². The minimum atomic E-state index is -4.57. The summed E-state index contributed by atoms with van der Waals surface area (Å²) in [5.74, 6) is -0.546. The van der Waals surface area contributed by atoms with Crippen molar-refractivity contribution in [3.8, 4) is 16.9 Å².